The van der Waals surface area contributed by atoms with Gasteiger partial charge in [-0.05, 0) is 77.8 Å². The zero-order valence-corrected chi connectivity index (χ0v) is 18.5. The van der Waals surface area contributed by atoms with Crippen molar-refractivity contribution in [3.05, 3.63) is 95.1 Å². The zero-order valence-electron chi connectivity index (χ0n) is 17.7. The van der Waals surface area contributed by atoms with Gasteiger partial charge in [0, 0.05) is 17.7 Å². The summed E-state index contributed by atoms with van der Waals surface area (Å²) in [4.78, 5) is 16.8. The number of rotatable bonds is 5. The Balaban J connectivity index is 1.36. The number of halogens is 1. The number of benzene rings is 3. The number of carbonyl (C=O) groups excluding carboxylic acids is 1. The number of nitrogens with one attached hydrogen (secondary N) is 2. The molecule has 0 saturated carbocycles. The van der Waals surface area contributed by atoms with E-state index in [0.29, 0.717) is 23.8 Å². The van der Waals surface area contributed by atoms with Crippen LogP contribution in [0.15, 0.2) is 71.1 Å². The van der Waals surface area contributed by atoms with Crippen LogP contribution in [0.1, 0.15) is 47.1 Å². The smallest absolute Gasteiger partial charge is 0.257 e. The highest BCUT2D eigenvalue weighted by atomic mass is 32.1. The van der Waals surface area contributed by atoms with Crippen LogP contribution in [-0.2, 0) is 6.42 Å². The van der Waals surface area contributed by atoms with E-state index in [2.05, 4.69) is 41.6 Å². The molecule has 162 valence electrons. The second-order valence-electron chi connectivity index (χ2n) is 7.78. The Morgan fingerprint density at radius 3 is 2.47 bits per heavy atom. The van der Waals surface area contributed by atoms with Crippen LogP contribution in [-0.4, -0.2) is 16.0 Å². The molecule has 0 saturated heterocycles. The third kappa shape index (κ3) is 5.18. The second kappa shape index (κ2) is 9.28. The Morgan fingerprint density at radius 1 is 1.06 bits per heavy atom. The fraction of sp³-hybridized carbons (Fsp3) is 0.160. The van der Waals surface area contributed by atoms with Crippen molar-refractivity contribution in [2.45, 2.75) is 26.2 Å². The lowest BCUT2D eigenvalue weighted by atomic mass is 10.0. The summed E-state index contributed by atoms with van der Waals surface area (Å²) < 4.78 is 18.9. The maximum atomic E-state index is 13.0. The van der Waals surface area contributed by atoms with Gasteiger partial charge in [-0.15, -0.1) is 0 Å². The quantitative estimate of drug-likeness (QED) is 0.378. The molecule has 4 aromatic rings. The first-order valence-electron chi connectivity index (χ1n) is 10.2. The molecule has 4 rings (SSSR count). The molecular weight excluding hydrogens is 425 g/mol. The minimum absolute atomic E-state index is 0.159. The van der Waals surface area contributed by atoms with E-state index >= 15 is 0 Å². The van der Waals surface area contributed by atoms with E-state index in [1.54, 1.807) is 0 Å². The van der Waals surface area contributed by atoms with Gasteiger partial charge < -0.3 is 9.73 Å². The third-order valence-corrected chi connectivity index (χ3v) is 5.23. The van der Waals surface area contributed by atoms with Gasteiger partial charge in [0.25, 0.3) is 5.91 Å². The Hall–Kier alpha value is -3.58. The first-order valence-corrected chi connectivity index (χ1v) is 10.6. The van der Waals surface area contributed by atoms with E-state index in [0.717, 1.165) is 22.4 Å². The molecule has 1 heterocycles. The summed E-state index contributed by atoms with van der Waals surface area (Å²) in [7, 11) is 0. The van der Waals surface area contributed by atoms with E-state index in [9.17, 15) is 9.18 Å². The summed E-state index contributed by atoms with van der Waals surface area (Å²) in [5, 5.41) is 5.71. The molecule has 2 N–H and O–H groups in total. The minimum atomic E-state index is -0.407. The molecule has 3 aromatic carbocycles. The minimum Gasteiger partial charge on any atom is -0.440 e. The Morgan fingerprint density at radius 2 is 1.78 bits per heavy atom. The Kier molecular flexibility index (Phi) is 6.28. The van der Waals surface area contributed by atoms with Crippen molar-refractivity contribution in [3.63, 3.8) is 0 Å². The lowest BCUT2D eigenvalue weighted by molar-refractivity contribution is 0.0977. The number of oxazole rings is 1. The highest BCUT2D eigenvalue weighted by Gasteiger charge is 2.10. The zero-order chi connectivity index (χ0) is 22.7. The highest BCUT2D eigenvalue weighted by Crippen LogP contribution is 2.23. The van der Waals surface area contributed by atoms with Crippen LogP contribution in [0.5, 0.6) is 0 Å². The summed E-state index contributed by atoms with van der Waals surface area (Å²) in [6.45, 7) is 4.30. The standard InChI is InChI=1S/C25H22FN3O2S/c1-15(2)18-7-12-22-21(14-18)28-23(31-22)13-16-3-10-20(11-4-16)27-25(32)29-24(30)17-5-8-19(26)9-6-17/h3-12,14-15H,13H2,1-2H3,(H2,27,29,30,32). The van der Waals surface area contributed by atoms with Gasteiger partial charge in [0.2, 0.25) is 0 Å². The van der Waals surface area contributed by atoms with Crippen molar-refractivity contribution in [2.75, 3.05) is 5.32 Å². The number of amides is 1. The largest absolute Gasteiger partial charge is 0.440 e. The van der Waals surface area contributed by atoms with Crippen LogP contribution in [0.4, 0.5) is 10.1 Å². The first kappa shape index (κ1) is 21.6. The molecule has 0 aliphatic heterocycles. The molecule has 0 bridgehead atoms. The normalized spacial score (nSPS) is 11.0. The number of thiocarbonyl (C=S) groups is 1. The first-order chi connectivity index (χ1) is 15.4. The van der Waals surface area contributed by atoms with Gasteiger partial charge in [-0.1, -0.05) is 32.0 Å². The van der Waals surface area contributed by atoms with E-state index in [-0.39, 0.29) is 5.11 Å². The van der Waals surface area contributed by atoms with Crippen molar-refractivity contribution in [2.24, 2.45) is 0 Å². The van der Waals surface area contributed by atoms with E-state index in [1.807, 2.05) is 30.3 Å². The van der Waals surface area contributed by atoms with Gasteiger partial charge >= 0.3 is 0 Å². The maximum Gasteiger partial charge on any atom is 0.257 e. The van der Waals surface area contributed by atoms with Crippen LogP contribution >= 0.6 is 12.2 Å². The molecule has 0 aliphatic rings. The molecule has 0 spiro atoms. The summed E-state index contributed by atoms with van der Waals surface area (Å²) in [6.07, 6.45) is 0.567. The van der Waals surface area contributed by atoms with E-state index < -0.39 is 11.7 Å². The van der Waals surface area contributed by atoms with Crippen molar-refractivity contribution >= 4 is 40.0 Å². The SMILES string of the molecule is CC(C)c1ccc2oc(Cc3ccc(NC(=S)NC(=O)c4ccc(F)cc4)cc3)nc2c1. The second-order valence-corrected chi connectivity index (χ2v) is 8.19. The van der Waals surface area contributed by atoms with Crippen molar-refractivity contribution in [3.8, 4) is 0 Å². The summed E-state index contributed by atoms with van der Waals surface area (Å²) in [6, 6.07) is 19.0. The molecule has 1 aromatic heterocycles. The lowest BCUT2D eigenvalue weighted by Crippen LogP contribution is -2.34. The number of hydrogen-bond donors (Lipinski definition) is 2. The third-order valence-electron chi connectivity index (χ3n) is 5.02. The van der Waals surface area contributed by atoms with Crippen molar-refractivity contribution < 1.29 is 13.6 Å². The van der Waals surface area contributed by atoms with Crippen molar-refractivity contribution in [1.29, 1.82) is 0 Å². The number of hydrogen-bond acceptors (Lipinski definition) is 4. The Labute approximate surface area is 190 Å². The monoisotopic (exact) mass is 447 g/mol. The molecular formula is C25H22FN3O2S. The molecule has 7 heteroatoms. The fourth-order valence-electron chi connectivity index (χ4n) is 3.25. The predicted molar refractivity (Wildman–Crippen MR) is 127 cm³/mol. The summed E-state index contributed by atoms with van der Waals surface area (Å²) >= 11 is 5.20. The molecule has 5 nitrogen and oxygen atoms in total. The van der Waals surface area contributed by atoms with Crippen LogP contribution < -0.4 is 10.6 Å². The van der Waals surface area contributed by atoms with Crippen LogP contribution in [0.2, 0.25) is 0 Å². The average molecular weight is 448 g/mol. The van der Waals surface area contributed by atoms with Crippen LogP contribution in [0.25, 0.3) is 11.1 Å². The van der Waals surface area contributed by atoms with Gasteiger partial charge in [0.15, 0.2) is 16.6 Å². The van der Waals surface area contributed by atoms with Crippen LogP contribution in [0, 0.1) is 5.82 Å². The molecule has 0 unspecified atom stereocenters. The lowest BCUT2D eigenvalue weighted by Gasteiger charge is -2.10. The van der Waals surface area contributed by atoms with E-state index in [1.165, 1.54) is 29.8 Å². The number of nitrogens with zero attached hydrogens (tertiary/aromatic N) is 1. The molecule has 0 aliphatic carbocycles. The number of aromatic nitrogens is 1. The van der Waals surface area contributed by atoms with E-state index in [4.69, 9.17) is 16.6 Å². The number of carbonyl (C=O) groups is 1. The molecule has 32 heavy (non-hydrogen) atoms. The Bertz CT molecular complexity index is 1260. The van der Waals surface area contributed by atoms with Gasteiger partial charge in [0.1, 0.15) is 11.3 Å². The average Bonchev–Trinajstić information content (AvgIpc) is 3.17. The predicted octanol–water partition coefficient (Wildman–Crippen LogP) is 5.81. The molecule has 0 atom stereocenters. The summed E-state index contributed by atoms with van der Waals surface area (Å²) in [5.41, 5.74) is 4.97. The molecule has 1 amide bonds. The summed E-state index contributed by atoms with van der Waals surface area (Å²) in [5.74, 6) is 0.283. The van der Waals surface area contributed by atoms with Gasteiger partial charge in [-0.2, -0.15) is 0 Å². The van der Waals surface area contributed by atoms with Crippen LogP contribution in [0.3, 0.4) is 0 Å². The van der Waals surface area contributed by atoms with Gasteiger partial charge in [-0.3, -0.25) is 10.1 Å². The van der Waals surface area contributed by atoms with Crippen molar-refractivity contribution in [1.82, 2.24) is 10.3 Å². The topological polar surface area (TPSA) is 67.2 Å². The fourth-order valence-corrected chi connectivity index (χ4v) is 3.46. The van der Waals surface area contributed by atoms with Gasteiger partial charge in [0.05, 0.1) is 0 Å². The number of anilines is 1. The number of fused-ring (bicyclic) bond motifs is 1. The molecule has 0 radical (unpaired) electrons. The highest BCUT2D eigenvalue weighted by molar-refractivity contribution is 7.80. The molecule has 0 fully saturated rings. The maximum absolute atomic E-state index is 13.0. The van der Waals surface area contributed by atoms with Gasteiger partial charge in [-0.25, -0.2) is 9.37 Å².